The maximum Gasteiger partial charge on any atom is 0.356 e. The number of aliphatic imine (C=N–C) groups is 1. The van der Waals surface area contributed by atoms with Crippen LogP contribution < -0.4 is 5.69 Å². The number of carbonyl (C=O) groups excluding carboxylic acids is 1. The fraction of sp³-hybridized carbons (Fsp3) is 0.143. The summed E-state index contributed by atoms with van der Waals surface area (Å²) < 4.78 is 14.5. The first-order valence-corrected chi connectivity index (χ1v) is 7.05. The minimum Gasteiger partial charge on any atom is -0.369 e. The van der Waals surface area contributed by atoms with Crippen molar-refractivity contribution < 1.29 is 9.18 Å². The molecule has 0 aliphatic heterocycles. The first-order chi connectivity index (χ1) is 10.8. The fourth-order valence-corrected chi connectivity index (χ4v) is 2.21. The van der Waals surface area contributed by atoms with Crippen LogP contribution in [-0.2, 0) is 0 Å². The summed E-state index contributed by atoms with van der Waals surface area (Å²) in [6.07, 6.45) is 1.99. The number of aromatic nitrogens is 2. The van der Waals surface area contributed by atoms with Gasteiger partial charge < -0.3 is 4.90 Å². The molecule has 1 aromatic heterocycles. The highest BCUT2D eigenvalue weighted by Gasteiger charge is 2.20. The normalized spacial score (nSPS) is 11.0. The Bertz CT molecular complexity index is 829. The summed E-state index contributed by atoms with van der Waals surface area (Å²) in [7, 11) is 3.34. The second-order valence-corrected chi connectivity index (χ2v) is 5.49. The van der Waals surface area contributed by atoms with Gasteiger partial charge in [0.25, 0.3) is 5.91 Å². The van der Waals surface area contributed by atoms with Gasteiger partial charge in [-0.15, -0.1) is 0 Å². The lowest BCUT2D eigenvalue weighted by atomic mass is 10.2. The summed E-state index contributed by atoms with van der Waals surface area (Å²) in [6, 6.07) is 4.42. The van der Waals surface area contributed by atoms with Crippen molar-refractivity contribution in [3.8, 4) is 0 Å². The summed E-state index contributed by atoms with van der Waals surface area (Å²) in [4.78, 5) is 33.1. The number of carbonyl (C=O) groups is 1. The lowest BCUT2D eigenvalue weighted by Gasteiger charge is -2.08. The zero-order valence-electron chi connectivity index (χ0n) is 12.1. The van der Waals surface area contributed by atoms with Crippen molar-refractivity contribution >= 4 is 41.3 Å². The van der Waals surface area contributed by atoms with E-state index >= 15 is 0 Å². The van der Waals surface area contributed by atoms with E-state index in [1.54, 1.807) is 25.1 Å². The third kappa shape index (κ3) is 3.75. The van der Waals surface area contributed by atoms with Gasteiger partial charge in [0.05, 0.1) is 28.1 Å². The lowest BCUT2D eigenvalue weighted by molar-refractivity contribution is 0.0953. The smallest absolute Gasteiger partial charge is 0.356 e. The molecule has 0 radical (unpaired) electrons. The molecule has 6 nitrogen and oxygen atoms in total. The number of hydrogen-bond acceptors (Lipinski definition) is 4. The quantitative estimate of drug-likeness (QED) is 0.626. The molecule has 0 saturated heterocycles. The predicted molar refractivity (Wildman–Crippen MR) is 86.5 cm³/mol. The topological polar surface area (TPSA) is 67.6 Å². The first kappa shape index (κ1) is 17.1. The van der Waals surface area contributed by atoms with Gasteiger partial charge in [-0.2, -0.15) is 4.98 Å². The Hall–Kier alpha value is -2.25. The Labute approximate surface area is 140 Å². The van der Waals surface area contributed by atoms with Crippen LogP contribution in [0.1, 0.15) is 10.4 Å². The molecule has 2 aromatic rings. The van der Waals surface area contributed by atoms with Crippen LogP contribution in [0.2, 0.25) is 10.0 Å². The molecule has 0 bridgehead atoms. The van der Waals surface area contributed by atoms with E-state index in [0.29, 0.717) is 10.8 Å². The van der Waals surface area contributed by atoms with Gasteiger partial charge in [0.15, 0.2) is 11.6 Å². The Balaban J connectivity index is 2.51. The molecule has 0 unspecified atom stereocenters. The molecular formula is C14H11Cl2FN4O2. The highest BCUT2D eigenvalue weighted by atomic mass is 35.5. The molecule has 0 aliphatic rings. The standard InChI is InChI=1S/C14H11Cl2FN4O2/c1-20(2)7-18-12-10(17)6-21(14(23)19-12)13(22)11-8(15)4-3-5-9(11)16/h3-7H,1-2H3/b18-7-. The van der Waals surface area contributed by atoms with E-state index in [0.717, 1.165) is 0 Å². The van der Waals surface area contributed by atoms with Crippen LogP contribution in [0.5, 0.6) is 0 Å². The molecular weight excluding hydrogens is 346 g/mol. The second kappa shape index (κ2) is 6.89. The van der Waals surface area contributed by atoms with Crippen LogP contribution in [0.25, 0.3) is 0 Å². The van der Waals surface area contributed by atoms with Gasteiger partial charge in [0.1, 0.15) is 0 Å². The number of benzene rings is 1. The predicted octanol–water partition coefficient (Wildman–Crippen LogP) is 2.60. The van der Waals surface area contributed by atoms with Gasteiger partial charge in [0, 0.05) is 14.1 Å². The largest absolute Gasteiger partial charge is 0.369 e. The van der Waals surface area contributed by atoms with E-state index in [-0.39, 0.29) is 15.6 Å². The van der Waals surface area contributed by atoms with Crippen LogP contribution in [0, 0.1) is 5.82 Å². The molecule has 0 saturated carbocycles. The lowest BCUT2D eigenvalue weighted by Crippen LogP contribution is -2.30. The van der Waals surface area contributed by atoms with E-state index in [1.165, 1.54) is 18.5 Å². The summed E-state index contributed by atoms with van der Waals surface area (Å²) >= 11 is 11.8. The van der Waals surface area contributed by atoms with Crippen LogP contribution >= 0.6 is 23.2 Å². The summed E-state index contributed by atoms with van der Waals surface area (Å²) in [6.45, 7) is 0. The Morgan fingerprint density at radius 3 is 2.52 bits per heavy atom. The van der Waals surface area contributed by atoms with Crippen LogP contribution in [0.15, 0.2) is 34.2 Å². The van der Waals surface area contributed by atoms with Gasteiger partial charge in [-0.25, -0.2) is 18.7 Å². The molecule has 0 amide bonds. The fourth-order valence-electron chi connectivity index (χ4n) is 1.65. The zero-order chi connectivity index (χ0) is 17.1. The van der Waals surface area contributed by atoms with Crippen LogP contribution in [-0.4, -0.2) is 40.8 Å². The van der Waals surface area contributed by atoms with E-state index in [4.69, 9.17) is 23.2 Å². The van der Waals surface area contributed by atoms with E-state index in [2.05, 4.69) is 9.98 Å². The number of nitrogens with zero attached hydrogens (tertiary/aromatic N) is 4. The van der Waals surface area contributed by atoms with Crippen molar-refractivity contribution in [3.63, 3.8) is 0 Å². The second-order valence-electron chi connectivity index (χ2n) is 4.68. The van der Waals surface area contributed by atoms with Gasteiger partial charge >= 0.3 is 5.69 Å². The third-order valence-corrected chi connectivity index (χ3v) is 3.30. The SMILES string of the molecule is CN(C)/C=N\c1nc(=O)n(C(=O)c2c(Cl)cccc2Cl)cc1F. The number of halogens is 3. The molecule has 1 aromatic carbocycles. The summed E-state index contributed by atoms with van der Waals surface area (Å²) in [5.41, 5.74) is -1.10. The Morgan fingerprint density at radius 1 is 1.35 bits per heavy atom. The van der Waals surface area contributed by atoms with Crippen molar-refractivity contribution in [2.45, 2.75) is 0 Å². The van der Waals surface area contributed by atoms with Gasteiger partial charge in [-0.1, -0.05) is 29.3 Å². The molecule has 0 spiro atoms. The molecule has 0 N–H and O–H groups in total. The molecule has 1 heterocycles. The molecule has 23 heavy (non-hydrogen) atoms. The van der Waals surface area contributed by atoms with E-state index in [1.807, 2.05) is 0 Å². The maximum absolute atomic E-state index is 14.0. The Morgan fingerprint density at radius 2 is 1.96 bits per heavy atom. The number of rotatable bonds is 3. The average molecular weight is 357 g/mol. The average Bonchev–Trinajstić information content (AvgIpc) is 2.47. The van der Waals surface area contributed by atoms with Gasteiger partial charge in [-0.05, 0) is 12.1 Å². The highest BCUT2D eigenvalue weighted by molar-refractivity contribution is 6.39. The molecule has 0 aliphatic carbocycles. The number of hydrogen-bond donors (Lipinski definition) is 0. The zero-order valence-corrected chi connectivity index (χ0v) is 13.6. The monoisotopic (exact) mass is 356 g/mol. The van der Waals surface area contributed by atoms with Crippen LogP contribution in [0.3, 0.4) is 0 Å². The third-order valence-electron chi connectivity index (χ3n) is 2.67. The van der Waals surface area contributed by atoms with E-state index in [9.17, 15) is 14.0 Å². The van der Waals surface area contributed by atoms with Crippen molar-refractivity contribution in [2.24, 2.45) is 4.99 Å². The van der Waals surface area contributed by atoms with E-state index < -0.39 is 23.2 Å². The van der Waals surface area contributed by atoms with Crippen molar-refractivity contribution in [2.75, 3.05) is 14.1 Å². The highest BCUT2D eigenvalue weighted by Crippen LogP contribution is 2.25. The summed E-state index contributed by atoms with van der Waals surface area (Å²) in [5, 5.41) is 0.0917. The van der Waals surface area contributed by atoms with Crippen molar-refractivity contribution in [1.29, 1.82) is 0 Å². The van der Waals surface area contributed by atoms with Crippen LogP contribution in [0.4, 0.5) is 10.2 Å². The molecule has 2 rings (SSSR count). The summed E-state index contributed by atoms with van der Waals surface area (Å²) in [5.74, 6) is -2.22. The van der Waals surface area contributed by atoms with Gasteiger partial charge in [0.2, 0.25) is 0 Å². The Kier molecular flexibility index (Phi) is 5.12. The minimum absolute atomic E-state index is 0.0458. The molecule has 120 valence electrons. The molecule has 0 fully saturated rings. The first-order valence-electron chi connectivity index (χ1n) is 6.29. The minimum atomic E-state index is -0.988. The van der Waals surface area contributed by atoms with Gasteiger partial charge in [-0.3, -0.25) is 4.79 Å². The maximum atomic E-state index is 14.0. The molecule has 0 atom stereocenters. The van der Waals surface area contributed by atoms with Crippen molar-refractivity contribution in [3.05, 3.63) is 56.3 Å². The van der Waals surface area contributed by atoms with Crippen molar-refractivity contribution in [1.82, 2.24) is 14.5 Å². The molecule has 9 heteroatoms.